The molecule has 0 spiro atoms. The molecule has 2 aliphatic rings. The highest BCUT2D eigenvalue weighted by Gasteiger charge is 2.27. The Labute approximate surface area is 304 Å². The molecule has 4 aromatic rings. The van der Waals surface area contributed by atoms with Crippen molar-refractivity contribution in [2.24, 2.45) is 0 Å². The van der Waals surface area contributed by atoms with E-state index in [-0.39, 0.29) is 45.2 Å². The summed E-state index contributed by atoms with van der Waals surface area (Å²) in [6, 6.07) is 16.5. The molecule has 0 saturated carbocycles. The minimum atomic E-state index is -0.207. The van der Waals surface area contributed by atoms with Crippen LogP contribution in [0.1, 0.15) is 135 Å². The fourth-order valence-electron chi connectivity index (χ4n) is 7.24. The van der Waals surface area contributed by atoms with Crippen molar-refractivity contribution in [2.45, 2.75) is 110 Å². The van der Waals surface area contributed by atoms with Crippen molar-refractivity contribution in [3.05, 3.63) is 152 Å². The summed E-state index contributed by atoms with van der Waals surface area (Å²) in [6.07, 6.45) is 13.7. The van der Waals surface area contributed by atoms with Gasteiger partial charge in [0.2, 0.25) is 0 Å². The first-order valence-corrected chi connectivity index (χ1v) is 18.2. The van der Waals surface area contributed by atoms with Crippen LogP contribution in [0.5, 0.6) is 23.0 Å². The maximum absolute atomic E-state index is 12.0. The van der Waals surface area contributed by atoms with Gasteiger partial charge in [-0.15, -0.1) is 0 Å². The summed E-state index contributed by atoms with van der Waals surface area (Å²) in [6.45, 7) is 19.5. The van der Waals surface area contributed by atoms with Gasteiger partial charge in [0.1, 0.15) is 23.0 Å². The van der Waals surface area contributed by atoms with Gasteiger partial charge in [-0.2, -0.15) is 0 Å². The van der Waals surface area contributed by atoms with Crippen LogP contribution >= 0.6 is 0 Å². The fraction of sp³-hybridized carbons (Fsp3) is 0.362. The SMILES string of the molecule is CC(C)(C)c1cc2c(O)c(c1)Cc1cc(C(C)(C)C)cc(c1O)Cc1cc(C(C)(C)C)cc(c1O)Cc1cc(C3C=CC=CC=C3)cc(c1O)C2. The maximum Gasteiger partial charge on any atom is 0.122 e. The summed E-state index contributed by atoms with van der Waals surface area (Å²) < 4.78 is 0. The Kier molecular flexibility index (Phi) is 9.29. The first-order valence-electron chi connectivity index (χ1n) is 18.2. The number of aromatic hydroxyl groups is 4. The molecule has 4 aromatic carbocycles. The summed E-state index contributed by atoms with van der Waals surface area (Å²) >= 11 is 0. The second kappa shape index (κ2) is 13.1. The Morgan fingerprint density at radius 2 is 0.608 bits per heavy atom. The Bertz CT molecular complexity index is 1950. The van der Waals surface area contributed by atoms with Crippen LogP contribution in [0.3, 0.4) is 0 Å². The third-order valence-electron chi connectivity index (χ3n) is 10.6. The zero-order valence-corrected chi connectivity index (χ0v) is 31.8. The summed E-state index contributed by atoms with van der Waals surface area (Å²) in [5.74, 6) is 0.710. The Hall–Kier alpha value is -4.70. The normalized spacial score (nSPS) is 15.2. The minimum Gasteiger partial charge on any atom is -0.507 e. The van der Waals surface area contributed by atoms with E-state index in [1.807, 2.05) is 24.3 Å². The van der Waals surface area contributed by atoms with Gasteiger partial charge >= 0.3 is 0 Å². The summed E-state index contributed by atoms with van der Waals surface area (Å²) in [5, 5.41) is 48.0. The molecule has 51 heavy (non-hydrogen) atoms. The monoisotopic (exact) mass is 682 g/mol. The van der Waals surface area contributed by atoms with E-state index in [9.17, 15) is 20.4 Å². The van der Waals surface area contributed by atoms with Crippen molar-refractivity contribution in [3.63, 3.8) is 0 Å². The molecule has 0 saturated heterocycles. The Morgan fingerprint density at radius 1 is 0.373 bits per heavy atom. The van der Waals surface area contributed by atoms with E-state index < -0.39 is 0 Å². The molecule has 266 valence electrons. The predicted molar refractivity (Wildman–Crippen MR) is 210 cm³/mol. The number of allylic oxidation sites excluding steroid dienone is 6. The number of hydrogen-bond acceptors (Lipinski definition) is 4. The van der Waals surface area contributed by atoms with Crippen molar-refractivity contribution in [1.82, 2.24) is 0 Å². The third kappa shape index (κ3) is 7.52. The number of hydrogen-bond donors (Lipinski definition) is 4. The van der Waals surface area contributed by atoms with E-state index in [1.165, 1.54) is 0 Å². The standard InChI is InChI=1S/C47H54O4/c1-45(2,3)38-22-32-18-30-16-29(28-14-12-10-11-13-15-28)17-31(41(30)48)19-33-23-39(46(4,5)6)25-35(43(33)50)21-37-27-40(47(7,8)9)26-36(44(37)51)20-34(24-38)42(32)49/h10-17,22-28,48-51H,18-21H2,1-9H3. The molecule has 0 amide bonds. The van der Waals surface area contributed by atoms with Crippen LogP contribution in [-0.4, -0.2) is 20.4 Å². The molecule has 2 aliphatic carbocycles. The van der Waals surface area contributed by atoms with Crippen molar-refractivity contribution >= 4 is 0 Å². The fourth-order valence-corrected chi connectivity index (χ4v) is 7.24. The molecule has 0 aromatic heterocycles. The number of rotatable bonds is 1. The third-order valence-corrected chi connectivity index (χ3v) is 10.6. The van der Waals surface area contributed by atoms with E-state index in [0.29, 0.717) is 36.8 Å². The van der Waals surface area contributed by atoms with Crippen molar-refractivity contribution in [2.75, 3.05) is 0 Å². The zero-order valence-electron chi connectivity index (χ0n) is 31.8. The number of benzene rings is 4. The van der Waals surface area contributed by atoms with Gasteiger partial charge in [-0.25, -0.2) is 0 Å². The molecule has 0 aliphatic heterocycles. The second-order valence-corrected chi connectivity index (χ2v) is 17.8. The molecule has 0 heterocycles. The van der Waals surface area contributed by atoms with Crippen LogP contribution in [0.25, 0.3) is 0 Å². The molecular weight excluding hydrogens is 629 g/mol. The first-order chi connectivity index (χ1) is 23.8. The van der Waals surface area contributed by atoms with E-state index in [4.69, 9.17) is 0 Å². The molecule has 4 nitrogen and oxygen atoms in total. The molecule has 4 N–H and O–H groups in total. The van der Waals surface area contributed by atoms with Crippen molar-refractivity contribution in [3.8, 4) is 23.0 Å². The lowest BCUT2D eigenvalue weighted by molar-refractivity contribution is 0.449. The molecule has 6 rings (SSSR count). The molecular formula is C47H54O4. The van der Waals surface area contributed by atoms with E-state index in [2.05, 4.69) is 123 Å². The predicted octanol–water partition coefficient (Wildman–Crippen LogP) is 10.8. The van der Waals surface area contributed by atoms with Crippen LogP contribution in [0.2, 0.25) is 0 Å². The highest BCUT2D eigenvalue weighted by molar-refractivity contribution is 5.59. The van der Waals surface area contributed by atoms with E-state index >= 15 is 0 Å². The Morgan fingerprint density at radius 3 is 0.843 bits per heavy atom. The van der Waals surface area contributed by atoms with E-state index in [1.54, 1.807) is 0 Å². The largest absolute Gasteiger partial charge is 0.507 e. The molecule has 0 unspecified atom stereocenters. The zero-order chi connectivity index (χ0) is 37.0. The van der Waals surface area contributed by atoms with Crippen LogP contribution in [-0.2, 0) is 41.9 Å². The number of phenols is 4. The molecule has 0 fully saturated rings. The van der Waals surface area contributed by atoms with Gasteiger partial charge < -0.3 is 20.4 Å². The smallest absolute Gasteiger partial charge is 0.122 e. The molecule has 0 radical (unpaired) electrons. The first kappa shape index (κ1) is 36.1. The summed E-state index contributed by atoms with van der Waals surface area (Å²) in [7, 11) is 0. The van der Waals surface area contributed by atoms with Gasteiger partial charge in [0.05, 0.1) is 0 Å². The summed E-state index contributed by atoms with van der Waals surface area (Å²) in [4.78, 5) is 0. The maximum atomic E-state index is 12.0. The molecule has 4 heteroatoms. The highest BCUT2D eigenvalue weighted by Crippen LogP contribution is 2.43. The van der Waals surface area contributed by atoms with Gasteiger partial charge in [0, 0.05) is 31.6 Å². The molecule has 8 bridgehead atoms. The second-order valence-electron chi connectivity index (χ2n) is 17.8. The van der Waals surface area contributed by atoms with Gasteiger partial charge in [0.25, 0.3) is 0 Å². The van der Waals surface area contributed by atoms with E-state index in [0.717, 1.165) is 55.6 Å². The number of fused-ring (bicyclic) bond motifs is 8. The number of phenolic OH excluding ortho intramolecular Hbond substituents is 4. The van der Waals surface area contributed by atoms with Crippen LogP contribution in [0.4, 0.5) is 0 Å². The lowest BCUT2D eigenvalue weighted by Gasteiger charge is -2.26. The van der Waals surface area contributed by atoms with Gasteiger partial charge in [-0.1, -0.05) is 147 Å². The van der Waals surface area contributed by atoms with Crippen LogP contribution in [0.15, 0.2) is 85.0 Å². The van der Waals surface area contributed by atoms with Crippen LogP contribution in [0, 0.1) is 0 Å². The average Bonchev–Trinajstić information content (AvgIpc) is 3.32. The van der Waals surface area contributed by atoms with Crippen molar-refractivity contribution < 1.29 is 20.4 Å². The van der Waals surface area contributed by atoms with Gasteiger partial charge in [-0.3, -0.25) is 0 Å². The average molecular weight is 683 g/mol. The highest BCUT2D eigenvalue weighted by atomic mass is 16.3. The van der Waals surface area contributed by atoms with Gasteiger partial charge in [-0.05, 0) is 83.0 Å². The van der Waals surface area contributed by atoms with Gasteiger partial charge in [0.15, 0.2) is 0 Å². The summed E-state index contributed by atoms with van der Waals surface area (Å²) in [5.41, 5.74) is 9.45. The molecule has 0 atom stereocenters. The van der Waals surface area contributed by atoms with Crippen molar-refractivity contribution in [1.29, 1.82) is 0 Å². The lowest BCUT2D eigenvalue weighted by Crippen LogP contribution is -2.15. The van der Waals surface area contributed by atoms with Crippen LogP contribution < -0.4 is 0 Å². The topological polar surface area (TPSA) is 80.9 Å². The lowest BCUT2D eigenvalue weighted by atomic mass is 9.80. The minimum absolute atomic E-state index is 0.0103. The quantitative estimate of drug-likeness (QED) is 0.142. The Balaban J connectivity index is 1.68.